The molecule has 0 fully saturated rings. The number of carboxylic acid groups (broad SMARTS) is 1. The number of fused-ring (bicyclic) bond motifs is 1. The molecule has 0 radical (unpaired) electrons. The number of aryl methyl sites for hydroxylation is 1. The van der Waals surface area contributed by atoms with E-state index in [-0.39, 0.29) is 17.9 Å². The molecule has 1 aromatic heterocycles. The van der Waals surface area contributed by atoms with Gasteiger partial charge in [-0.2, -0.15) is 0 Å². The average Bonchev–Trinajstić information content (AvgIpc) is 3.05. The van der Waals surface area contributed by atoms with Gasteiger partial charge < -0.3 is 10.4 Å². The summed E-state index contributed by atoms with van der Waals surface area (Å²) in [6.07, 6.45) is 6.93. The van der Waals surface area contributed by atoms with Crippen molar-refractivity contribution < 1.29 is 14.7 Å². The summed E-state index contributed by atoms with van der Waals surface area (Å²) in [6.45, 7) is 0. The summed E-state index contributed by atoms with van der Waals surface area (Å²) >= 11 is 1.72. The summed E-state index contributed by atoms with van der Waals surface area (Å²) in [4.78, 5) is 24.6. The van der Waals surface area contributed by atoms with Crippen LogP contribution in [0.2, 0.25) is 0 Å². The maximum Gasteiger partial charge on any atom is 0.310 e. The van der Waals surface area contributed by atoms with E-state index in [0.29, 0.717) is 6.42 Å². The maximum absolute atomic E-state index is 12.4. The van der Waals surface area contributed by atoms with Crippen molar-refractivity contribution in [1.29, 1.82) is 0 Å². The normalized spacial score (nSPS) is 28.1. The van der Waals surface area contributed by atoms with Gasteiger partial charge in [-0.3, -0.25) is 9.59 Å². The molecule has 3 atom stereocenters. The molecule has 3 unspecified atom stereocenters. The number of amides is 1. The van der Waals surface area contributed by atoms with Crippen LogP contribution in [0, 0.1) is 5.92 Å². The molecule has 0 saturated carbocycles. The van der Waals surface area contributed by atoms with Crippen molar-refractivity contribution in [1.82, 2.24) is 5.32 Å². The molecule has 2 N–H and O–H groups in total. The van der Waals surface area contributed by atoms with Crippen LogP contribution in [0.1, 0.15) is 35.6 Å². The minimum Gasteiger partial charge on any atom is -0.481 e. The molecule has 3 rings (SSSR count). The minimum absolute atomic E-state index is 0.0324. The second-order valence-electron chi connectivity index (χ2n) is 5.42. The van der Waals surface area contributed by atoms with Gasteiger partial charge in [0.2, 0.25) is 5.91 Å². The first kappa shape index (κ1) is 13.4. The summed E-state index contributed by atoms with van der Waals surface area (Å²) in [5, 5.41) is 14.0. The van der Waals surface area contributed by atoms with Gasteiger partial charge in [-0.1, -0.05) is 12.2 Å². The van der Waals surface area contributed by atoms with Gasteiger partial charge in [0.15, 0.2) is 0 Å². The standard InChI is InChI=1S/C15H17NO3S/c17-14(16-10-5-4-9(8-10)15(18)19)12-2-1-3-13-11(12)6-7-20-13/h4-7,9-10,12H,1-3,8H2,(H,16,17)(H,18,19). The lowest BCUT2D eigenvalue weighted by Crippen LogP contribution is -2.37. The molecule has 1 heterocycles. The first-order valence-electron chi connectivity index (χ1n) is 6.93. The smallest absolute Gasteiger partial charge is 0.310 e. The summed E-state index contributed by atoms with van der Waals surface area (Å²) in [5.41, 5.74) is 1.16. The Bertz CT molecular complexity index is 563. The van der Waals surface area contributed by atoms with Crippen molar-refractivity contribution in [3.63, 3.8) is 0 Å². The van der Waals surface area contributed by atoms with Crippen LogP contribution in [0.15, 0.2) is 23.6 Å². The summed E-state index contributed by atoms with van der Waals surface area (Å²) in [7, 11) is 0. The van der Waals surface area contributed by atoms with E-state index in [1.54, 1.807) is 23.5 Å². The summed E-state index contributed by atoms with van der Waals surface area (Å²) in [5.74, 6) is -1.33. The summed E-state index contributed by atoms with van der Waals surface area (Å²) < 4.78 is 0. The molecule has 0 saturated heterocycles. The lowest BCUT2D eigenvalue weighted by molar-refractivity contribution is -0.140. The van der Waals surface area contributed by atoms with Gasteiger partial charge in [0.25, 0.3) is 0 Å². The number of thiophene rings is 1. The van der Waals surface area contributed by atoms with E-state index in [4.69, 9.17) is 5.11 Å². The second-order valence-corrected chi connectivity index (χ2v) is 6.43. The fraction of sp³-hybridized carbons (Fsp3) is 0.467. The third kappa shape index (κ3) is 2.50. The van der Waals surface area contributed by atoms with Gasteiger partial charge in [0, 0.05) is 10.9 Å². The zero-order valence-electron chi connectivity index (χ0n) is 11.0. The first-order valence-corrected chi connectivity index (χ1v) is 7.81. The van der Waals surface area contributed by atoms with Gasteiger partial charge in [-0.05, 0) is 42.7 Å². The number of carboxylic acids is 1. The molecule has 2 aliphatic carbocycles. The van der Waals surface area contributed by atoms with Crippen LogP contribution in [0.3, 0.4) is 0 Å². The third-order valence-corrected chi connectivity index (χ3v) is 5.09. The molecule has 0 spiro atoms. The number of carbonyl (C=O) groups is 2. The quantitative estimate of drug-likeness (QED) is 0.840. The molecule has 0 aliphatic heterocycles. The Morgan fingerprint density at radius 1 is 1.35 bits per heavy atom. The number of hydrogen-bond acceptors (Lipinski definition) is 3. The lowest BCUT2D eigenvalue weighted by Gasteiger charge is -2.23. The van der Waals surface area contributed by atoms with Gasteiger partial charge >= 0.3 is 5.97 Å². The largest absolute Gasteiger partial charge is 0.481 e. The van der Waals surface area contributed by atoms with Gasteiger partial charge in [-0.25, -0.2) is 0 Å². The molecule has 20 heavy (non-hydrogen) atoms. The Hall–Kier alpha value is -1.62. The van der Waals surface area contributed by atoms with E-state index < -0.39 is 11.9 Å². The molecule has 0 bridgehead atoms. The molecule has 5 heteroatoms. The van der Waals surface area contributed by atoms with E-state index in [1.165, 1.54) is 4.88 Å². The van der Waals surface area contributed by atoms with Crippen LogP contribution in [0.5, 0.6) is 0 Å². The third-order valence-electron chi connectivity index (χ3n) is 4.10. The highest BCUT2D eigenvalue weighted by Gasteiger charge is 2.30. The molecule has 106 valence electrons. The molecule has 4 nitrogen and oxygen atoms in total. The SMILES string of the molecule is O=C(O)C1C=CC(NC(=O)C2CCCc3sccc32)C1. The van der Waals surface area contributed by atoms with Crippen molar-refractivity contribution in [2.24, 2.45) is 5.92 Å². The number of hydrogen-bond donors (Lipinski definition) is 2. The van der Waals surface area contributed by atoms with Crippen molar-refractivity contribution in [2.75, 3.05) is 0 Å². The predicted molar refractivity (Wildman–Crippen MR) is 76.8 cm³/mol. The minimum atomic E-state index is -0.823. The second kappa shape index (κ2) is 5.40. The number of carbonyl (C=O) groups excluding carboxylic acids is 1. The molecule has 1 amide bonds. The van der Waals surface area contributed by atoms with E-state index in [0.717, 1.165) is 24.8 Å². The van der Waals surface area contributed by atoms with Crippen LogP contribution >= 0.6 is 11.3 Å². The fourth-order valence-electron chi connectivity index (χ4n) is 3.03. The molecule has 0 aromatic carbocycles. The maximum atomic E-state index is 12.4. The van der Waals surface area contributed by atoms with E-state index in [1.807, 2.05) is 11.4 Å². The topological polar surface area (TPSA) is 66.4 Å². The first-order chi connectivity index (χ1) is 9.65. The van der Waals surface area contributed by atoms with Gasteiger partial charge in [0.1, 0.15) is 0 Å². The predicted octanol–water partition coefficient (Wildman–Crippen LogP) is 2.31. The van der Waals surface area contributed by atoms with Crippen LogP contribution in [0.4, 0.5) is 0 Å². The van der Waals surface area contributed by atoms with E-state index >= 15 is 0 Å². The molecule has 2 aliphatic rings. The molecule has 1 aromatic rings. The van der Waals surface area contributed by atoms with Crippen LogP contribution in [0.25, 0.3) is 0 Å². The lowest BCUT2D eigenvalue weighted by atomic mass is 9.87. The van der Waals surface area contributed by atoms with E-state index in [2.05, 4.69) is 5.32 Å². The van der Waals surface area contributed by atoms with Crippen LogP contribution in [-0.2, 0) is 16.0 Å². The van der Waals surface area contributed by atoms with Crippen LogP contribution < -0.4 is 5.32 Å². The Labute approximate surface area is 121 Å². The fourth-order valence-corrected chi connectivity index (χ4v) is 4.02. The summed E-state index contributed by atoms with van der Waals surface area (Å²) in [6, 6.07) is 1.90. The Kier molecular flexibility index (Phi) is 3.61. The van der Waals surface area contributed by atoms with Crippen molar-refractivity contribution in [3.05, 3.63) is 34.0 Å². The van der Waals surface area contributed by atoms with Gasteiger partial charge in [-0.15, -0.1) is 11.3 Å². The van der Waals surface area contributed by atoms with Crippen molar-refractivity contribution in [3.8, 4) is 0 Å². The molecular weight excluding hydrogens is 274 g/mol. The number of aliphatic carboxylic acids is 1. The van der Waals surface area contributed by atoms with Crippen molar-refractivity contribution >= 4 is 23.2 Å². The zero-order valence-corrected chi connectivity index (χ0v) is 11.9. The van der Waals surface area contributed by atoms with Gasteiger partial charge in [0.05, 0.1) is 11.8 Å². The Balaban J connectivity index is 1.64. The average molecular weight is 291 g/mol. The highest BCUT2D eigenvalue weighted by atomic mass is 32.1. The zero-order chi connectivity index (χ0) is 14.1. The number of nitrogens with one attached hydrogen (secondary N) is 1. The van der Waals surface area contributed by atoms with E-state index in [9.17, 15) is 9.59 Å². The Morgan fingerprint density at radius 3 is 2.95 bits per heavy atom. The van der Waals surface area contributed by atoms with Crippen molar-refractivity contribution in [2.45, 2.75) is 37.6 Å². The van der Waals surface area contributed by atoms with Crippen LogP contribution in [-0.4, -0.2) is 23.0 Å². The number of rotatable bonds is 3. The highest BCUT2D eigenvalue weighted by Crippen LogP contribution is 2.35. The Morgan fingerprint density at radius 2 is 2.20 bits per heavy atom. The highest BCUT2D eigenvalue weighted by molar-refractivity contribution is 7.10. The molecular formula is C15H17NO3S. The monoisotopic (exact) mass is 291 g/mol.